The largest absolute Gasteiger partial charge is 0.486 e. The molecule has 0 saturated carbocycles. The Labute approximate surface area is 201 Å². The first-order valence-electron chi connectivity index (χ1n) is 12.6. The topological polar surface area (TPSA) is 63.7 Å². The molecule has 0 atom stereocenters. The second kappa shape index (κ2) is 9.01. The van der Waals surface area contributed by atoms with Gasteiger partial charge in [-0.3, -0.25) is 14.4 Å². The quantitative estimate of drug-likeness (QED) is 0.592. The predicted molar refractivity (Wildman–Crippen MR) is 131 cm³/mol. The molecule has 3 aliphatic rings. The number of fused-ring (bicyclic) bond motifs is 2. The molecule has 0 aromatic heterocycles. The summed E-state index contributed by atoms with van der Waals surface area (Å²) in [6.07, 6.45) is 6.63. The Bertz CT molecular complexity index is 1160. The molecular formula is C29H33NO4. The number of rotatable bonds is 4. The van der Waals surface area contributed by atoms with Crippen LogP contribution in [0.2, 0.25) is 0 Å². The van der Waals surface area contributed by atoms with Gasteiger partial charge in [-0.25, -0.2) is 0 Å². The summed E-state index contributed by atoms with van der Waals surface area (Å²) < 4.78 is 6.46. The van der Waals surface area contributed by atoms with E-state index in [9.17, 15) is 14.4 Å². The van der Waals surface area contributed by atoms with Gasteiger partial charge in [0, 0.05) is 44.3 Å². The molecule has 2 aliphatic heterocycles. The van der Waals surface area contributed by atoms with E-state index < -0.39 is 5.60 Å². The van der Waals surface area contributed by atoms with Gasteiger partial charge in [-0.15, -0.1) is 0 Å². The van der Waals surface area contributed by atoms with Crippen LogP contribution in [0.4, 0.5) is 0 Å². The lowest BCUT2D eigenvalue weighted by Crippen LogP contribution is -2.52. The second-order valence-electron chi connectivity index (χ2n) is 10.3. The van der Waals surface area contributed by atoms with E-state index >= 15 is 0 Å². The highest BCUT2D eigenvalue weighted by Crippen LogP contribution is 2.41. The minimum atomic E-state index is -0.529. The van der Waals surface area contributed by atoms with E-state index in [-0.39, 0.29) is 30.3 Å². The Morgan fingerprint density at radius 3 is 2.47 bits per heavy atom. The Morgan fingerprint density at radius 1 is 0.971 bits per heavy atom. The summed E-state index contributed by atoms with van der Waals surface area (Å²) >= 11 is 0. The molecule has 1 aliphatic carbocycles. The maximum absolute atomic E-state index is 12.9. The second-order valence-corrected chi connectivity index (χ2v) is 10.3. The van der Waals surface area contributed by atoms with Crippen LogP contribution >= 0.6 is 0 Å². The molecule has 1 amide bonds. The van der Waals surface area contributed by atoms with Crippen LogP contribution in [0, 0.1) is 13.8 Å². The third-order valence-electron chi connectivity index (χ3n) is 8.04. The van der Waals surface area contributed by atoms with Crippen LogP contribution in [0.25, 0.3) is 0 Å². The van der Waals surface area contributed by atoms with Crippen LogP contribution < -0.4 is 4.74 Å². The van der Waals surface area contributed by atoms with Gasteiger partial charge in [0.15, 0.2) is 11.6 Å². The smallest absolute Gasteiger partial charge is 0.223 e. The zero-order chi connectivity index (χ0) is 23.9. The summed E-state index contributed by atoms with van der Waals surface area (Å²) in [7, 11) is 0. The van der Waals surface area contributed by atoms with Crippen LogP contribution in [0.15, 0.2) is 30.3 Å². The van der Waals surface area contributed by atoms with Crippen LogP contribution in [0.5, 0.6) is 5.75 Å². The van der Waals surface area contributed by atoms with Gasteiger partial charge in [0.2, 0.25) is 5.91 Å². The number of aryl methyl sites for hydroxylation is 3. The first-order chi connectivity index (χ1) is 16.3. The summed E-state index contributed by atoms with van der Waals surface area (Å²) in [4.78, 5) is 40.3. The van der Waals surface area contributed by atoms with Gasteiger partial charge < -0.3 is 9.64 Å². The molecule has 178 valence electrons. The first-order valence-corrected chi connectivity index (χ1v) is 12.6. The number of ether oxygens (including phenoxy) is 1. The molecule has 2 heterocycles. The molecule has 2 aromatic carbocycles. The molecule has 2 aromatic rings. The number of hydrogen-bond acceptors (Lipinski definition) is 4. The van der Waals surface area contributed by atoms with E-state index in [1.54, 1.807) is 0 Å². The number of nitrogens with zero attached hydrogens (tertiary/aromatic N) is 1. The summed E-state index contributed by atoms with van der Waals surface area (Å²) in [5.41, 5.74) is 5.65. The van der Waals surface area contributed by atoms with Gasteiger partial charge in [0.1, 0.15) is 11.4 Å². The number of Topliss-reactive ketones (excluding diaryl/α,β-unsaturated/α-hetero) is 2. The minimum Gasteiger partial charge on any atom is -0.486 e. The van der Waals surface area contributed by atoms with Crippen LogP contribution in [-0.4, -0.2) is 41.1 Å². The fourth-order valence-corrected chi connectivity index (χ4v) is 5.65. The van der Waals surface area contributed by atoms with E-state index in [4.69, 9.17) is 4.74 Å². The lowest BCUT2D eigenvalue weighted by atomic mass is 9.81. The molecule has 34 heavy (non-hydrogen) atoms. The van der Waals surface area contributed by atoms with E-state index in [0.717, 1.165) is 29.5 Å². The number of carbonyl (C=O) groups excluding carboxylic acids is 3. The molecule has 0 N–H and O–H groups in total. The number of likely N-dealkylation sites (tertiary alicyclic amines) is 1. The van der Waals surface area contributed by atoms with Gasteiger partial charge in [0.05, 0.1) is 12.0 Å². The number of carbonyl (C=O) groups is 3. The van der Waals surface area contributed by atoms with Crippen molar-refractivity contribution in [1.29, 1.82) is 0 Å². The summed E-state index contributed by atoms with van der Waals surface area (Å²) in [6.45, 7) is 5.13. The van der Waals surface area contributed by atoms with E-state index in [1.165, 1.54) is 24.0 Å². The third-order valence-corrected chi connectivity index (χ3v) is 8.04. The average Bonchev–Trinajstić information content (AvgIpc) is 2.85. The summed E-state index contributed by atoms with van der Waals surface area (Å²) in [5, 5.41) is 0. The molecule has 5 rings (SSSR count). The molecule has 0 bridgehead atoms. The Hall–Kier alpha value is -2.95. The fourth-order valence-electron chi connectivity index (χ4n) is 5.65. The van der Waals surface area contributed by atoms with Gasteiger partial charge >= 0.3 is 0 Å². The molecule has 1 saturated heterocycles. The van der Waals surface area contributed by atoms with Crippen molar-refractivity contribution in [1.82, 2.24) is 4.90 Å². The van der Waals surface area contributed by atoms with Crippen molar-refractivity contribution in [3.63, 3.8) is 0 Å². The maximum Gasteiger partial charge on any atom is 0.223 e. The third kappa shape index (κ3) is 4.28. The molecule has 5 heteroatoms. The number of ketones is 2. The zero-order valence-corrected chi connectivity index (χ0v) is 20.2. The van der Waals surface area contributed by atoms with Crippen LogP contribution in [0.1, 0.15) is 87.9 Å². The van der Waals surface area contributed by atoms with Gasteiger partial charge in [-0.2, -0.15) is 0 Å². The molecular weight excluding hydrogens is 426 g/mol. The van der Waals surface area contributed by atoms with Crippen molar-refractivity contribution >= 4 is 17.5 Å². The SMILES string of the molecule is Cc1ccc2c(c1C)OC1(CCN(C(=O)CCC(=O)c3ccc4c(c3)CCCC4)CC1)CC2=O. The molecule has 1 fully saturated rings. The molecule has 1 spiro atoms. The summed E-state index contributed by atoms with van der Waals surface area (Å²) in [5.74, 6) is 0.890. The maximum atomic E-state index is 12.9. The van der Waals surface area contributed by atoms with Gasteiger partial charge in [0.25, 0.3) is 0 Å². The lowest BCUT2D eigenvalue weighted by Gasteiger charge is -2.44. The number of piperidine rings is 1. The normalized spacial score (nSPS) is 18.8. The highest BCUT2D eigenvalue weighted by atomic mass is 16.5. The van der Waals surface area contributed by atoms with Crippen LogP contribution in [0.3, 0.4) is 0 Å². The van der Waals surface area contributed by atoms with Crippen molar-refractivity contribution in [3.8, 4) is 5.75 Å². The standard InChI is InChI=1S/C29H33NO4/c1-19-7-10-24-26(32)18-29(34-28(24)20(19)2)13-15-30(16-14-29)27(33)12-11-25(31)23-9-8-21-5-3-4-6-22(21)17-23/h7-10,17H,3-6,11-16,18H2,1-2H3. The summed E-state index contributed by atoms with van der Waals surface area (Å²) in [6, 6.07) is 9.87. The lowest BCUT2D eigenvalue weighted by molar-refractivity contribution is -0.134. The zero-order valence-electron chi connectivity index (χ0n) is 20.2. The number of benzene rings is 2. The monoisotopic (exact) mass is 459 g/mol. The highest BCUT2D eigenvalue weighted by Gasteiger charge is 2.44. The van der Waals surface area contributed by atoms with Crippen molar-refractivity contribution < 1.29 is 19.1 Å². The Balaban J connectivity index is 1.18. The minimum absolute atomic E-state index is 0.00993. The Kier molecular flexibility index (Phi) is 6.05. The fraction of sp³-hybridized carbons (Fsp3) is 0.483. The van der Waals surface area contributed by atoms with Crippen molar-refractivity contribution in [3.05, 3.63) is 63.7 Å². The van der Waals surface area contributed by atoms with E-state index in [0.29, 0.717) is 43.7 Å². The molecule has 0 radical (unpaired) electrons. The molecule has 5 nitrogen and oxygen atoms in total. The number of amides is 1. The highest BCUT2D eigenvalue weighted by molar-refractivity contribution is 6.01. The molecule has 0 unspecified atom stereocenters. The Morgan fingerprint density at radius 2 is 1.71 bits per heavy atom. The van der Waals surface area contributed by atoms with E-state index in [2.05, 4.69) is 6.07 Å². The first kappa shape index (κ1) is 22.8. The average molecular weight is 460 g/mol. The van der Waals surface area contributed by atoms with Crippen molar-refractivity contribution in [2.75, 3.05) is 13.1 Å². The number of hydrogen-bond donors (Lipinski definition) is 0. The van der Waals surface area contributed by atoms with Gasteiger partial charge in [-0.1, -0.05) is 18.2 Å². The predicted octanol–water partition coefficient (Wildman–Crippen LogP) is 5.17. The van der Waals surface area contributed by atoms with Crippen LogP contribution in [-0.2, 0) is 17.6 Å². The van der Waals surface area contributed by atoms with Gasteiger partial charge in [-0.05, 0) is 73.9 Å². The van der Waals surface area contributed by atoms with Crippen molar-refractivity contribution in [2.24, 2.45) is 0 Å². The van der Waals surface area contributed by atoms with Crippen molar-refractivity contribution in [2.45, 2.75) is 77.2 Å². The van der Waals surface area contributed by atoms with E-state index in [1.807, 2.05) is 43.0 Å².